The zero-order valence-electron chi connectivity index (χ0n) is 7.40. The predicted octanol–water partition coefficient (Wildman–Crippen LogP) is 1.33. The molecule has 1 aromatic rings. The summed E-state index contributed by atoms with van der Waals surface area (Å²) in [6.45, 7) is 1.59. The topological polar surface area (TPSA) is 54.4 Å². The first-order valence-electron chi connectivity index (χ1n) is 4.02. The van der Waals surface area contributed by atoms with E-state index in [1.54, 1.807) is 25.1 Å². The first kappa shape index (κ1) is 10.1. The van der Waals surface area contributed by atoms with E-state index < -0.39 is 9.84 Å². The lowest BCUT2D eigenvalue weighted by molar-refractivity contribution is 0.469. The monoisotopic (exact) mass is 200 g/mol. The van der Waals surface area contributed by atoms with E-state index in [0.29, 0.717) is 5.56 Å². The van der Waals surface area contributed by atoms with E-state index in [4.69, 9.17) is 0 Å². The van der Waals surface area contributed by atoms with Gasteiger partial charge in [0.25, 0.3) is 0 Å². The van der Waals surface area contributed by atoms with Crippen LogP contribution in [0.5, 0.6) is 5.75 Å². The SMILES string of the molecule is CCS(=O)(=O)Cc1ccccc1O. The third kappa shape index (κ3) is 2.73. The van der Waals surface area contributed by atoms with Gasteiger partial charge in [-0.15, -0.1) is 0 Å². The van der Waals surface area contributed by atoms with Gasteiger partial charge in [0.15, 0.2) is 9.84 Å². The molecule has 0 aliphatic rings. The number of aromatic hydroxyl groups is 1. The van der Waals surface area contributed by atoms with Gasteiger partial charge >= 0.3 is 0 Å². The van der Waals surface area contributed by atoms with Gasteiger partial charge in [0.05, 0.1) is 5.75 Å². The highest BCUT2D eigenvalue weighted by Gasteiger charge is 2.10. The fourth-order valence-electron chi connectivity index (χ4n) is 0.972. The number of para-hydroxylation sites is 1. The van der Waals surface area contributed by atoms with Crippen LogP contribution in [0.15, 0.2) is 24.3 Å². The molecule has 0 saturated heterocycles. The van der Waals surface area contributed by atoms with Crippen molar-refractivity contribution in [3.63, 3.8) is 0 Å². The van der Waals surface area contributed by atoms with Crippen LogP contribution in [0.25, 0.3) is 0 Å². The number of phenols is 1. The van der Waals surface area contributed by atoms with Gasteiger partial charge in [0, 0.05) is 11.3 Å². The summed E-state index contributed by atoms with van der Waals surface area (Å²) in [4.78, 5) is 0. The molecule has 0 aromatic heterocycles. The van der Waals surface area contributed by atoms with Gasteiger partial charge in [0.1, 0.15) is 5.75 Å². The molecular weight excluding hydrogens is 188 g/mol. The molecule has 0 saturated carbocycles. The number of sulfone groups is 1. The van der Waals surface area contributed by atoms with E-state index in [2.05, 4.69) is 0 Å². The smallest absolute Gasteiger partial charge is 0.154 e. The van der Waals surface area contributed by atoms with Crippen LogP contribution in [0, 0.1) is 0 Å². The van der Waals surface area contributed by atoms with E-state index in [9.17, 15) is 13.5 Å². The highest BCUT2D eigenvalue weighted by Crippen LogP contribution is 2.18. The van der Waals surface area contributed by atoms with E-state index in [-0.39, 0.29) is 17.3 Å². The second-order valence-corrected chi connectivity index (χ2v) is 5.16. The molecule has 0 fully saturated rings. The van der Waals surface area contributed by atoms with E-state index in [1.165, 1.54) is 6.07 Å². The quantitative estimate of drug-likeness (QED) is 0.800. The van der Waals surface area contributed by atoms with E-state index >= 15 is 0 Å². The molecular formula is C9H12O3S. The minimum atomic E-state index is -3.06. The Labute approximate surface area is 77.9 Å². The highest BCUT2D eigenvalue weighted by atomic mass is 32.2. The van der Waals surface area contributed by atoms with Crippen molar-refractivity contribution in [1.29, 1.82) is 0 Å². The first-order chi connectivity index (χ1) is 6.05. The standard InChI is InChI=1S/C9H12O3S/c1-2-13(11,12)7-8-5-3-4-6-9(8)10/h3-6,10H,2,7H2,1H3. The zero-order chi connectivity index (χ0) is 9.90. The lowest BCUT2D eigenvalue weighted by atomic mass is 10.2. The van der Waals surface area contributed by atoms with Gasteiger partial charge in [0.2, 0.25) is 0 Å². The van der Waals surface area contributed by atoms with Crippen LogP contribution >= 0.6 is 0 Å². The highest BCUT2D eigenvalue weighted by molar-refractivity contribution is 7.90. The molecule has 0 heterocycles. The summed E-state index contributed by atoms with van der Waals surface area (Å²) in [7, 11) is -3.06. The number of hydrogen-bond acceptors (Lipinski definition) is 3. The van der Waals surface area contributed by atoms with Gasteiger partial charge in [-0.2, -0.15) is 0 Å². The molecule has 4 heteroatoms. The molecule has 13 heavy (non-hydrogen) atoms. The average molecular weight is 200 g/mol. The minimum absolute atomic E-state index is 0.0412. The molecule has 1 aromatic carbocycles. The van der Waals surface area contributed by atoms with Gasteiger partial charge in [-0.1, -0.05) is 25.1 Å². The Balaban J connectivity index is 2.93. The normalized spacial score (nSPS) is 11.5. The zero-order valence-corrected chi connectivity index (χ0v) is 8.21. The van der Waals surface area contributed by atoms with Crippen LogP contribution in [0.4, 0.5) is 0 Å². The number of hydrogen-bond donors (Lipinski definition) is 1. The maximum atomic E-state index is 11.2. The summed E-state index contributed by atoms with van der Waals surface area (Å²) in [5.41, 5.74) is 0.462. The predicted molar refractivity (Wildman–Crippen MR) is 51.3 cm³/mol. The minimum Gasteiger partial charge on any atom is -0.508 e. The molecule has 3 nitrogen and oxygen atoms in total. The summed E-state index contributed by atoms with van der Waals surface area (Å²) in [6.07, 6.45) is 0. The van der Waals surface area contributed by atoms with Crippen molar-refractivity contribution in [2.75, 3.05) is 5.75 Å². The molecule has 0 bridgehead atoms. The summed E-state index contributed by atoms with van der Waals surface area (Å²) in [5, 5.41) is 9.30. The third-order valence-electron chi connectivity index (χ3n) is 1.81. The Hall–Kier alpha value is -1.03. The molecule has 0 aliphatic heterocycles. The molecule has 0 atom stereocenters. The lowest BCUT2D eigenvalue weighted by Crippen LogP contribution is -2.06. The summed E-state index contributed by atoms with van der Waals surface area (Å²) in [6, 6.07) is 6.47. The van der Waals surface area contributed by atoms with Crippen molar-refractivity contribution in [2.45, 2.75) is 12.7 Å². The Morgan fingerprint density at radius 3 is 2.46 bits per heavy atom. The molecule has 0 aliphatic carbocycles. The molecule has 72 valence electrons. The maximum Gasteiger partial charge on any atom is 0.154 e. The average Bonchev–Trinajstić information content (AvgIpc) is 2.09. The third-order valence-corrected chi connectivity index (χ3v) is 3.44. The van der Waals surface area contributed by atoms with E-state index in [0.717, 1.165) is 0 Å². The van der Waals surface area contributed by atoms with Crippen molar-refractivity contribution >= 4 is 9.84 Å². The largest absolute Gasteiger partial charge is 0.508 e. The second-order valence-electron chi connectivity index (χ2n) is 2.81. The number of phenolic OH excluding ortho intramolecular Hbond substituents is 1. The molecule has 0 radical (unpaired) electrons. The number of rotatable bonds is 3. The summed E-state index contributed by atoms with van der Waals surface area (Å²) >= 11 is 0. The van der Waals surface area contributed by atoms with Gasteiger partial charge in [-0.3, -0.25) is 0 Å². The Morgan fingerprint density at radius 2 is 1.92 bits per heavy atom. The summed E-state index contributed by atoms with van der Waals surface area (Å²) in [5.74, 6) is 0.0526. The Kier molecular flexibility index (Phi) is 2.93. The van der Waals surface area contributed by atoms with Crippen LogP contribution in [0.1, 0.15) is 12.5 Å². The molecule has 0 spiro atoms. The fraction of sp³-hybridized carbons (Fsp3) is 0.333. The first-order valence-corrected chi connectivity index (χ1v) is 5.84. The fourth-order valence-corrected chi connectivity index (χ4v) is 1.89. The maximum absolute atomic E-state index is 11.2. The van der Waals surface area contributed by atoms with Crippen molar-refractivity contribution in [2.24, 2.45) is 0 Å². The Bertz CT molecular complexity index is 382. The van der Waals surface area contributed by atoms with Crippen LogP contribution in [-0.2, 0) is 15.6 Å². The van der Waals surface area contributed by atoms with Gasteiger partial charge in [-0.05, 0) is 6.07 Å². The molecule has 1 N–H and O–H groups in total. The van der Waals surface area contributed by atoms with Crippen LogP contribution in [0.2, 0.25) is 0 Å². The van der Waals surface area contributed by atoms with Crippen molar-refractivity contribution in [3.05, 3.63) is 29.8 Å². The second kappa shape index (κ2) is 3.79. The van der Waals surface area contributed by atoms with Crippen molar-refractivity contribution in [3.8, 4) is 5.75 Å². The molecule has 0 amide bonds. The lowest BCUT2D eigenvalue weighted by Gasteiger charge is -2.03. The van der Waals surface area contributed by atoms with Gasteiger partial charge in [-0.25, -0.2) is 8.42 Å². The van der Waals surface area contributed by atoms with Crippen LogP contribution in [-0.4, -0.2) is 19.3 Å². The summed E-state index contributed by atoms with van der Waals surface area (Å²) < 4.78 is 22.4. The van der Waals surface area contributed by atoms with Crippen molar-refractivity contribution < 1.29 is 13.5 Å². The van der Waals surface area contributed by atoms with Gasteiger partial charge < -0.3 is 5.11 Å². The van der Waals surface area contributed by atoms with Crippen molar-refractivity contribution in [1.82, 2.24) is 0 Å². The Morgan fingerprint density at radius 1 is 1.31 bits per heavy atom. The van der Waals surface area contributed by atoms with Crippen LogP contribution < -0.4 is 0 Å². The number of benzene rings is 1. The van der Waals surface area contributed by atoms with Crippen LogP contribution in [0.3, 0.4) is 0 Å². The van der Waals surface area contributed by atoms with E-state index in [1.807, 2.05) is 0 Å². The molecule has 0 unspecified atom stereocenters. The molecule has 1 rings (SSSR count).